The Hall–Kier alpha value is -1.89. The van der Waals surface area contributed by atoms with Gasteiger partial charge in [-0.2, -0.15) is 9.61 Å². The summed E-state index contributed by atoms with van der Waals surface area (Å²) in [7, 11) is 0. The van der Waals surface area contributed by atoms with E-state index in [9.17, 15) is 4.79 Å². The molecule has 0 saturated heterocycles. The Bertz CT molecular complexity index is 614. The smallest absolute Gasteiger partial charge is 0.364 e. The van der Waals surface area contributed by atoms with Crippen molar-refractivity contribution >= 4 is 11.5 Å². The van der Waals surface area contributed by atoms with Crippen molar-refractivity contribution in [3.8, 4) is 0 Å². The van der Waals surface area contributed by atoms with Gasteiger partial charge in [0.15, 0.2) is 5.65 Å². The standard InChI is InChI=1S/C12H18N6O/c1-2-17(9-3-4-9)8-7-13-10-5-6-11-14-15-12(19)18(11)16-10/h5-6,9H,2-4,7-8H2,1H3,(H,13,16)(H,15,19). The van der Waals surface area contributed by atoms with Crippen LogP contribution in [0.15, 0.2) is 16.9 Å². The predicted molar refractivity (Wildman–Crippen MR) is 72.4 cm³/mol. The summed E-state index contributed by atoms with van der Waals surface area (Å²) in [4.78, 5) is 13.9. The van der Waals surface area contributed by atoms with Crippen molar-refractivity contribution in [1.29, 1.82) is 0 Å². The van der Waals surface area contributed by atoms with Gasteiger partial charge in [-0.25, -0.2) is 9.89 Å². The van der Waals surface area contributed by atoms with Crippen LogP contribution < -0.4 is 11.0 Å². The van der Waals surface area contributed by atoms with Gasteiger partial charge in [-0.15, -0.1) is 5.10 Å². The quantitative estimate of drug-likeness (QED) is 0.783. The molecule has 2 N–H and O–H groups in total. The molecule has 2 aromatic rings. The molecule has 102 valence electrons. The van der Waals surface area contributed by atoms with Gasteiger partial charge in [0.2, 0.25) is 0 Å². The number of aromatic amines is 1. The number of hydrogen-bond donors (Lipinski definition) is 2. The van der Waals surface area contributed by atoms with E-state index in [2.05, 4.69) is 32.4 Å². The van der Waals surface area contributed by atoms with E-state index in [1.165, 1.54) is 17.4 Å². The molecule has 0 unspecified atom stereocenters. The van der Waals surface area contributed by atoms with Crippen LogP contribution in [-0.2, 0) is 0 Å². The summed E-state index contributed by atoms with van der Waals surface area (Å²) >= 11 is 0. The SMILES string of the molecule is CCN(CCNc1ccc2n[nH]c(=O)n2n1)C1CC1. The van der Waals surface area contributed by atoms with Crippen molar-refractivity contribution in [2.75, 3.05) is 25.0 Å². The molecule has 2 aromatic heterocycles. The van der Waals surface area contributed by atoms with Gasteiger partial charge in [-0.3, -0.25) is 4.90 Å². The lowest BCUT2D eigenvalue weighted by Gasteiger charge is -2.19. The van der Waals surface area contributed by atoms with Crippen molar-refractivity contribution in [3.05, 3.63) is 22.6 Å². The number of nitrogens with one attached hydrogen (secondary N) is 2. The molecule has 3 rings (SSSR count). The van der Waals surface area contributed by atoms with Gasteiger partial charge in [-0.1, -0.05) is 6.92 Å². The number of rotatable bonds is 6. The highest BCUT2D eigenvalue weighted by molar-refractivity contribution is 5.42. The molecule has 0 radical (unpaired) electrons. The molecule has 1 aliphatic rings. The van der Waals surface area contributed by atoms with Crippen LogP contribution in [0.25, 0.3) is 5.65 Å². The minimum atomic E-state index is -0.313. The largest absolute Gasteiger partial charge is 0.367 e. The first-order valence-corrected chi connectivity index (χ1v) is 6.70. The van der Waals surface area contributed by atoms with Crippen molar-refractivity contribution in [3.63, 3.8) is 0 Å². The summed E-state index contributed by atoms with van der Waals surface area (Å²) in [6.07, 6.45) is 2.64. The zero-order valence-electron chi connectivity index (χ0n) is 11.0. The minimum Gasteiger partial charge on any atom is -0.367 e. The first kappa shape index (κ1) is 12.2. The fourth-order valence-electron chi connectivity index (χ4n) is 2.26. The van der Waals surface area contributed by atoms with Crippen LogP contribution >= 0.6 is 0 Å². The van der Waals surface area contributed by atoms with E-state index >= 15 is 0 Å². The van der Waals surface area contributed by atoms with Crippen LogP contribution in [-0.4, -0.2) is 50.4 Å². The Labute approximate surface area is 110 Å². The van der Waals surface area contributed by atoms with E-state index < -0.39 is 0 Å². The van der Waals surface area contributed by atoms with Crippen LogP contribution in [0.1, 0.15) is 19.8 Å². The lowest BCUT2D eigenvalue weighted by atomic mass is 10.4. The maximum Gasteiger partial charge on any atom is 0.364 e. The monoisotopic (exact) mass is 262 g/mol. The van der Waals surface area contributed by atoms with Gasteiger partial charge in [0.1, 0.15) is 5.82 Å². The van der Waals surface area contributed by atoms with Crippen LogP contribution in [0.4, 0.5) is 5.82 Å². The Kier molecular flexibility index (Phi) is 3.20. The van der Waals surface area contributed by atoms with Crippen molar-refractivity contribution in [2.24, 2.45) is 0 Å². The van der Waals surface area contributed by atoms with E-state index in [1.54, 1.807) is 6.07 Å². The van der Waals surface area contributed by atoms with Gasteiger partial charge >= 0.3 is 5.69 Å². The van der Waals surface area contributed by atoms with E-state index in [0.29, 0.717) is 11.5 Å². The number of H-pyrrole nitrogens is 1. The number of anilines is 1. The van der Waals surface area contributed by atoms with Gasteiger partial charge in [0.25, 0.3) is 0 Å². The Balaban J connectivity index is 1.61. The van der Waals surface area contributed by atoms with Crippen LogP contribution in [0, 0.1) is 0 Å². The summed E-state index contributed by atoms with van der Waals surface area (Å²) in [5, 5.41) is 13.7. The van der Waals surface area contributed by atoms with Gasteiger partial charge in [0.05, 0.1) is 0 Å². The van der Waals surface area contributed by atoms with Crippen molar-refractivity contribution < 1.29 is 0 Å². The first-order valence-electron chi connectivity index (χ1n) is 6.70. The molecule has 1 aliphatic carbocycles. The summed E-state index contributed by atoms with van der Waals surface area (Å²) in [6, 6.07) is 4.38. The third-order valence-corrected chi connectivity index (χ3v) is 3.45. The molecule has 0 spiro atoms. The zero-order chi connectivity index (χ0) is 13.2. The Morgan fingerprint density at radius 2 is 2.37 bits per heavy atom. The maximum absolute atomic E-state index is 11.4. The summed E-state index contributed by atoms with van der Waals surface area (Å²) < 4.78 is 1.26. The van der Waals surface area contributed by atoms with E-state index in [4.69, 9.17) is 0 Å². The lowest BCUT2D eigenvalue weighted by Crippen LogP contribution is -2.31. The topological polar surface area (TPSA) is 78.3 Å². The van der Waals surface area contributed by atoms with Gasteiger partial charge < -0.3 is 5.32 Å². The number of likely N-dealkylation sites (N-methyl/N-ethyl adjacent to an activating group) is 1. The Morgan fingerprint density at radius 3 is 3.11 bits per heavy atom. The van der Waals surface area contributed by atoms with E-state index in [-0.39, 0.29) is 5.69 Å². The second-order valence-corrected chi connectivity index (χ2v) is 4.80. The molecule has 2 heterocycles. The molecule has 0 aliphatic heterocycles. The molecule has 0 bridgehead atoms. The highest BCUT2D eigenvalue weighted by Crippen LogP contribution is 2.25. The molecular weight excluding hydrogens is 244 g/mol. The second kappa shape index (κ2) is 5.00. The third-order valence-electron chi connectivity index (χ3n) is 3.45. The normalized spacial score (nSPS) is 15.3. The van der Waals surface area contributed by atoms with Crippen LogP contribution in [0.5, 0.6) is 0 Å². The fourth-order valence-corrected chi connectivity index (χ4v) is 2.26. The van der Waals surface area contributed by atoms with Gasteiger partial charge in [0, 0.05) is 19.1 Å². The molecule has 7 heteroatoms. The average Bonchev–Trinajstić information content (AvgIpc) is 3.20. The number of fused-ring (bicyclic) bond motifs is 1. The van der Waals surface area contributed by atoms with E-state index in [1.807, 2.05) is 6.07 Å². The molecule has 1 fully saturated rings. The summed E-state index contributed by atoms with van der Waals surface area (Å²) in [5.74, 6) is 0.697. The van der Waals surface area contributed by atoms with E-state index in [0.717, 1.165) is 25.7 Å². The molecule has 0 amide bonds. The Morgan fingerprint density at radius 1 is 1.53 bits per heavy atom. The molecule has 19 heavy (non-hydrogen) atoms. The first-order chi connectivity index (χ1) is 9.28. The predicted octanol–water partition coefficient (Wildman–Crippen LogP) is 0.314. The second-order valence-electron chi connectivity index (χ2n) is 4.80. The molecular formula is C12H18N6O. The van der Waals surface area contributed by atoms with Crippen LogP contribution in [0.3, 0.4) is 0 Å². The lowest BCUT2D eigenvalue weighted by molar-refractivity contribution is 0.289. The molecule has 1 saturated carbocycles. The van der Waals surface area contributed by atoms with Crippen LogP contribution in [0.2, 0.25) is 0 Å². The highest BCUT2D eigenvalue weighted by Gasteiger charge is 2.27. The van der Waals surface area contributed by atoms with Crippen molar-refractivity contribution in [1.82, 2.24) is 24.7 Å². The number of nitrogens with zero attached hydrogens (tertiary/aromatic N) is 4. The number of aromatic nitrogens is 4. The molecule has 0 aromatic carbocycles. The van der Waals surface area contributed by atoms with Gasteiger partial charge in [-0.05, 0) is 31.5 Å². The molecule has 7 nitrogen and oxygen atoms in total. The minimum absolute atomic E-state index is 0.313. The fraction of sp³-hybridized carbons (Fsp3) is 0.583. The third kappa shape index (κ3) is 2.60. The molecule has 0 atom stereocenters. The zero-order valence-corrected chi connectivity index (χ0v) is 11.0. The average molecular weight is 262 g/mol. The maximum atomic E-state index is 11.4. The summed E-state index contributed by atoms with van der Waals surface area (Å²) in [5.41, 5.74) is 0.218. The highest BCUT2D eigenvalue weighted by atomic mass is 16.2. The van der Waals surface area contributed by atoms with Crippen molar-refractivity contribution in [2.45, 2.75) is 25.8 Å². The number of hydrogen-bond acceptors (Lipinski definition) is 5. The summed E-state index contributed by atoms with van der Waals surface area (Å²) in [6.45, 7) is 5.10.